The molecule has 1 fully saturated rings. The molecule has 1 aliphatic rings. The first-order valence-corrected chi connectivity index (χ1v) is 12.2. The van der Waals surface area contributed by atoms with Crippen LogP contribution < -0.4 is 16.8 Å². The quantitative estimate of drug-likeness (QED) is 0.353. The van der Waals surface area contributed by atoms with Gasteiger partial charge in [0.1, 0.15) is 18.3 Å². The van der Waals surface area contributed by atoms with Gasteiger partial charge < -0.3 is 9.30 Å². The first-order valence-electron chi connectivity index (χ1n) is 12.2. The van der Waals surface area contributed by atoms with Crippen LogP contribution >= 0.6 is 0 Å². The predicted molar refractivity (Wildman–Crippen MR) is 133 cm³/mol. The highest BCUT2D eigenvalue weighted by atomic mass is 16.5. The van der Waals surface area contributed by atoms with Crippen LogP contribution in [0.15, 0.2) is 38.6 Å². The highest BCUT2D eigenvalue weighted by molar-refractivity contribution is 5.77. The van der Waals surface area contributed by atoms with Gasteiger partial charge in [-0.05, 0) is 31.4 Å². The molecule has 0 saturated heterocycles. The average molecular weight is 493 g/mol. The topological polar surface area (TPSA) is 134 Å². The van der Waals surface area contributed by atoms with Crippen molar-refractivity contribution in [2.24, 2.45) is 7.05 Å². The van der Waals surface area contributed by atoms with Gasteiger partial charge in [-0.25, -0.2) is 14.8 Å². The number of unbranched alkanes of at least 4 members (excludes halogenated alkanes) is 1. The number of hydrogen-bond donors (Lipinski definition) is 1. The SMILES string of the molecule is CCCCn1c(=O)[nH]c(=O)c2c1nc(COC(=O)CCc1nc3ccccc3c(=O)n1C1CC1)n2C. The Balaban J connectivity index is 1.33. The number of imidazole rings is 1. The molecule has 11 heteroatoms. The molecule has 0 spiro atoms. The summed E-state index contributed by atoms with van der Waals surface area (Å²) in [5.74, 6) is 0.467. The molecule has 3 heterocycles. The molecule has 3 aromatic heterocycles. The van der Waals surface area contributed by atoms with Crippen LogP contribution in [-0.4, -0.2) is 34.6 Å². The van der Waals surface area contributed by atoms with Crippen molar-refractivity contribution in [3.63, 3.8) is 0 Å². The summed E-state index contributed by atoms with van der Waals surface area (Å²) in [7, 11) is 1.65. The van der Waals surface area contributed by atoms with Crippen molar-refractivity contribution >= 4 is 28.0 Å². The van der Waals surface area contributed by atoms with Crippen LogP contribution in [0.2, 0.25) is 0 Å². The third kappa shape index (κ3) is 4.36. The number of carbonyl (C=O) groups is 1. The number of rotatable bonds is 9. The molecule has 5 rings (SSSR count). The Hall–Kier alpha value is -4.02. The van der Waals surface area contributed by atoms with Gasteiger partial charge in [0.2, 0.25) is 0 Å². The van der Waals surface area contributed by atoms with Gasteiger partial charge in [-0.2, -0.15) is 0 Å². The molecule has 0 bridgehead atoms. The number of nitrogens with zero attached hydrogens (tertiary/aromatic N) is 5. The normalized spacial score (nSPS) is 13.5. The van der Waals surface area contributed by atoms with Gasteiger partial charge in [0.05, 0.1) is 17.3 Å². The molecule has 36 heavy (non-hydrogen) atoms. The summed E-state index contributed by atoms with van der Waals surface area (Å²) in [6.45, 7) is 2.29. The summed E-state index contributed by atoms with van der Waals surface area (Å²) in [5.41, 5.74) is 0.0281. The molecule has 11 nitrogen and oxygen atoms in total. The second-order valence-electron chi connectivity index (χ2n) is 9.14. The van der Waals surface area contributed by atoms with E-state index in [-0.39, 0.29) is 42.2 Å². The van der Waals surface area contributed by atoms with E-state index in [9.17, 15) is 19.2 Å². The lowest BCUT2D eigenvalue weighted by atomic mass is 10.2. The lowest BCUT2D eigenvalue weighted by Gasteiger charge is -2.12. The fourth-order valence-electron chi connectivity index (χ4n) is 4.45. The van der Waals surface area contributed by atoms with E-state index in [0.717, 1.165) is 25.7 Å². The van der Waals surface area contributed by atoms with Gasteiger partial charge in [-0.1, -0.05) is 25.5 Å². The lowest BCUT2D eigenvalue weighted by molar-refractivity contribution is -0.145. The van der Waals surface area contributed by atoms with Gasteiger partial charge in [0.25, 0.3) is 11.1 Å². The van der Waals surface area contributed by atoms with Crippen molar-refractivity contribution in [1.29, 1.82) is 0 Å². The van der Waals surface area contributed by atoms with Gasteiger partial charge in [0, 0.05) is 26.1 Å². The molecule has 0 radical (unpaired) electrons. The van der Waals surface area contributed by atoms with Gasteiger partial charge in [-0.3, -0.25) is 28.5 Å². The van der Waals surface area contributed by atoms with Crippen LogP contribution in [0.5, 0.6) is 0 Å². The largest absolute Gasteiger partial charge is 0.457 e. The van der Waals surface area contributed by atoms with Crippen molar-refractivity contribution in [2.45, 2.75) is 64.6 Å². The van der Waals surface area contributed by atoms with E-state index in [1.54, 1.807) is 28.3 Å². The fourth-order valence-corrected chi connectivity index (χ4v) is 4.45. The average Bonchev–Trinajstić information content (AvgIpc) is 3.64. The minimum absolute atomic E-state index is 0.0449. The molecule has 188 valence electrons. The zero-order valence-electron chi connectivity index (χ0n) is 20.3. The minimum Gasteiger partial charge on any atom is -0.457 e. The number of aryl methyl sites for hydroxylation is 3. The van der Waals surface area contributed by atoms with Gasteiger partial charge in [-0.15, -0.1) is 0 Å². The monoisotopic (exact) mass is 492 g/mol. The molecule has 0 atom stereocenters. The maximum absolute atomic E-state index is 13.0. The van der Waals surface area contributed by atoms with E-state index in [0.29, 0.717) is 29.1 Å². The number of nitrogens with one attached hydrogen (secondary N) is 1. The second-order valence-corrected chi connectivity index (χ2v) is 9.14. The highest BCUT2D eigenvalue weighted by Crippen LogP contribution is 2.35. The Labute approximate surface area is 205 Å². The second kappa shape index (κ2) is 9.56. The summed E-state index contributed by atoms with van der Waals surface area (Å²) >= 11 is 0. The van der Waals surface area contributed by atoms with E-state index in [4.69, 9.17) is 4.74 Å². The number of aromatic amines is 1. The van der Waals surface area contributed by atoms with Crippen LogP contribution in [0.25, 0.3) is 22.1 Å². The fraction of sp³-hybridized carbons (Fsp3) is 0.440. The highest BCUT2D eigenvalue weighted by Gasteiger charge is 2.28. The summed E-state index contributed by atoms with van der Waals surface area (Å²) in [6.07, 6.45) is 3.80. The maximum Gasteiger partial charge on any atom is 0.330 e. The van der Waals surface area contributed by atoms with Gasteiger partial charge >= 0.3 is 11.7 Å². The Morgan fingerprint density at radius 2 is 1.92 bits per heavy atom. The number of hydrogen-bond acceptors (Lipinski definition) is 7. The Morgan fingerprint density at radius 1 is 1.14 bits per heavy atom. The Bertz CT molecular complexity index is 1640. The van der Waals surface area contributed by atoms with E-state index in [1.807, 2.05) is 19.1 Å². The zero-order valence-corrected chi connectivity index (χ0v) is 20.3. The molecular formula is C25H28N6O5. The smallest absolute Gasteiger partial charge is 0.330 e. The summed E-state index contributed by atoms with van der Waals surface area (Å²) in [5, 5.41) is 0.574. The van der Waals surface area contributed by atoms with Crippen molar-refractivity contribution in [2.75, 3.05) is 0 Å². The molecule has 1 aromatic carbocycles. The van der Waals surface area contributed by atoms with E-state index >= 15 is 0 Å². The third-order valence-corrected chi connectivity index (χ3v) is 6.55. The maximum atomic E-state index is 13.0. The molecule has 0 unspecified atom stereocenters. The molecular weight excluding hydrogens is 464 g/mol. The molecule has 1 saturated carbocycles. The number of para-hydroxylation sites is 1. The van der Waals surface area contributed by atoms with Gasteiger partial charge in [0.15, 0.2) is 11.2 Å². The van der Waals surface area contributed by atoms with E-state index in [1.165, 1.54) is 4.57 Å². The minimum atomic E-state index is -0.532. The van der Waals surface area contributed by atoms with Crippen LogP contribution in [-0.2, 0) is 36.2 Å². The Morgan fingerprint density at radius 3 is 2.67 bits per heavy atom. The standard InChI is InChI=1S/C25H28N6O5/c1-3-4-13-30-22-21(23(33)28-25(30)35)29(2)19(27-22)14-36-20(32)12-11-18-26-17-8-6-5-7-16(17)24(34)31(18)15-9-10-15/h5-8,15H,3-4,9-14H2,1-2H3,(H,28,33,35). The van der Waals surface area contributed by atoms with E-state index in [2.05, 4.69) is 15.0 Å². The first-order chi connectivity index (χ1) is 17.4. The summed E-state index contributed by atoms with van der Waals surface area (Å²) in [4.78, 5) is 61.7. The van der Waals surface area contributed by atoms with E-state index < -0.39 is 17.2 Å². The van der Waals surface area contributed by atoms with Crippen molar-refractivity contribution in [1.82, 2.24) is 28.7 Å². The van der Waals surface area contributed by atoms with Crippen LogP contribution in [0, 0.1) is 0 Å². The summed E-state index contributed by atoms with van der Waals surface area (Å²) in [6, 6.07) is 7.34. The van der Waals surface area contributed by atoms with Crippen LogP contribution in [0.4, 0.5) is 0 Å². The molecule has 1 aliphatic carbocycles. The molecule has 4 aromatic rings. The summed E-state index contributed by atoms with van der Waals surface area (Å²) < 4.78 is 10.1. The third-order valence-electron chi connectivity index (χ3n) is 6.55. The number of H-pyrrole nitrogens is 1. The Kier molecular flexibility index (Phi) is 6.29. The first kappa shape index (κ1) is 23.7. The number of benzene rings is 1. The number of fused-ring (bicyclic) bond motifs is 2. The van der Waals surface area contributed by atoms with Crippen molar-refractivity contribution < 1.29 is 9.53 Å². The van der Waals surface area contributed by atoms with Crippen molar-refractivity contribution in [3.05, 3.63) is 67.1 Å². The van der Waals surface area contributed by atoms with Crippen LogP contribution in [0.3, 0.4) is 0 Å². The lowest BCUT2D eigenvalue weighted by Crippen LogP contribution is -2.31. The molecule has 0 aliphatic heterocycles. The number of esters is 1. The van der Waals surface area contributed by atoms with Crippen LogP contribution in [0.1, 0.15) is 56.7 Å². The number of carbonyl (C=O) groups excluding carboxylic acids is 1. The zero-order chi connectivity index (χ0) is 25.4. The van der Waals surface area contributed by atoms with Crippen molar-refractivity contribution in [3.8, 4) is 0 Å². The molecule has 1 N–H and O–H groups in total. The number of ether oxygens (including phenoxy) is 1. The number of aromatic nitrogens is 6. The predicted octanol–water partition coefficient (Wildman–Crippen LogP) is 1.94. The molecule has 0 amide bonds.